The van der Waals surface area contributed by atoms with E-state index in [2.05, 4.69) is 10.6 Å². The van der Waals surface area contributed by atoms with Gasteiger partial charge in [0.1, 0.15) is 5.75 Å². The molecule has 5 rings (SSSR count). The Balaban J connectivity index is 1.48. The smallest absolute Gasteiger partial charge is 0.322 e. The fourth-order valence-corrected chi connectivity index (χ4v) is 4.40. The van der Waals surface area contributed by atoms with Crippen LogP contribution in [-0.4, -0.2) is 54.0 Å². The van der Waals surface area contributed by atoms with Crippen molar-refractivity contribution in [3.63, 3.8) is 0 Å². The molecule has 32 heavy (non-hydrogen) atoms. The first-order valence-corrected chi connectivity index (χ1v) is 10.2. The molecule has 9 heteroatoms. The molecule has 3 heterocycles. The van der Waals surface area contributed by atoms with Crippen LogP contribution in [-0.2, 0) is 16.2 Å². The zero-order valence-electron chi connectivity index (χ0n) is 17.6. The number of ether oxygens (including phenoxy) is 1. The Morgan fingerprint density at radius 3 is 2.62 bits per heavy atom. The number of benzene rings is 2. The SMILES string of the molecule is COc1ccc2c(c1)C(=O)N(C[C@@]1(C3=CC(c4ccccc4)N(C)O3)NC(=O)NC1=O)C2. The highest BCUT2D eigenvalue weighted by Crippen LogP contribution is 2.38. The number of nitrogens with zero attached hydrogens (tertiary/aromatic N) is 2. The summed E-state index contributed by atoms with van der Waals surface area (Å²) in [6, 6.07) is 14.1. The van der Waals surface area contributed by atoms with Gasteiger partial charge in [-0.3, -0.25) is 14.9 Å². The Bertz CT molecular complexity index is 1150. The van der Waals surface area contributed by atoms with Crippen LogP contribution < -0.4 is 15.4 Å². The van der Waals surface area contributed by atoms with Gasteiger partial charge in [0.25, 0.3) is 11.8 Å². The van der Waals surface area contributed by atoms with Crippen LogP contribution in [0.5, 0.6) is 5.75 Å². The van der Waals surface area contributed by atoms with Crippen molar-refractivity contribution in [1.29, 1.82) is 0 Å². The van der Waals surface area contributed by atoms with E-state index in [0.717, 1.165) is 11.1 Å². The first kappa shape index (κ1) is 20.1. The first-order chi connectivity index (χ1) is 15.4. The number of imide groups is 1. The number of nitrogens with one attached hydrogen (secondary N) is 2. The van der Waals surface area contributed by atoms with E-state index in [1.165, 1.54) is 12.0 Å². The number of urea groups is 1. The van der Waals surface area contributed by atoms with Crippen molar-refractivity contribution >= 4 is 17.8 Å². The Kier molecular flexibility index (Phi) is 4.63. The minimum absolute atomic E-state index is 0.0679. The molecule has 0 saturated carbocycles. The van der Waals surface area contributed by atoms with Gasteiger partial charge in [0.05, 0.1) is 19.7 Å². The van der Waals surface area contributed by atoms with Gasteiger partial charge >= 0.3 is 6.03 Å². The fourth-order valence-electron chi connectivity index (χ4n) is 4.40. The molecule has 3 aliphatic rings. The van der Waals surface area contributed by atoms with E-state index in [-0.39, 0.29) is 24.3 Å². The molecular formula is C23H22N4O5. The van der Waals surface area contributed by atoms with E-state index in [1.54, 1.807) is 30.3 Å². The highest BCUT2D eigenvalue weighted by molar-refractivity contribution is 6.09. The largest absolute Gasteiger partial charge is 0.497 e. The summed E-state index contributed by atoms with van der Waals surface area (Å²) in [6.07, 6.45) is 1.80. The summed E-state index contributed by atoms with van der Waals surface area (Å²) < 4.78 is 5.23. The molecule has 0 aromatic heterocycles. The molecule has 164 valence electrons. The molecule has 2 N–H and O–H groups in total. The van der Waals surface area contributed by atoms with Crippen LogP contribution in [0.4, 0.5) is 4.79 Å². The summed E-state index contributed by atoms with van der Waals surface area (Å²) in [4.78, 5) is 45.8. The predicted molar refractivity (Wildman–Crippen MR) is 113 cm³/mol. The predicted octanol–water partition coefficient (Wildman–Crippen LogP) is 1.73. The molecule has 0 radical (unpaired) electrons. The fraction of sp³-hybridized carbons (Fsp3) is 0.261. The lowest BCUT2D eigenvalue weighted by molar-refractivity contribution is -0.133. The van der Waals surface area contributed by atoms with Crippen molar-refractivity contribution < 1.29 is 24.0 Å². The summed E-state index contributed by atoms with van der Waals surface area (Å²) in [6.45, 7) is 0.246. The maximum atomic E-state index is 13.1. The first-order valence-electron chi connectivity index (χ1n) is 10.2. The molecule has 3 aliphatic heterocycles. The Morgan fingerprint density at radius 1 is 1.16 bits per heavy atom. The molecular weight excluding hydrogens is 412 g/mol. The molecule has 1 fully saturated rings. The van der Waals surface area contributed by atoms with E-state index in [9.17, 15) is 14.4 Å². The van der Waals surface area contributed by atoms with Crippen molar-refractivity contribution in [2.75, 3.05) is 20.7 Å². The van der Waals surface area contributed by atoms with E-state index < -0.39 is 17.5 Å². The summed E-state index contributed by atoms with van der Waals surface area (Å²) in [5.74, 6) is 0.0595. The Hall–Kier alpha value is -3.85. The zero-order chi connectivity index (χ0) is 22.5. The molecule has 2 aromatic rings. The van der Waals surface area contributed by atoms with E-state index in [0.29, 0.717) is 17.9 Å². The molecule has 1 unspecified atom stereocenters. The zero-order valence-corrected chi connectivity index (χ0v) is 17.6. The van der Waals surface area contributed by atoms with Crippen molar-refractivity contribution in [3.8, 4) is 5.75 Å². The Labute approximate surface area is 184 Å². The highest BCUT2D eigenvalue weighted by Gasteiger charge is 2.55. The Morgan fingerprint density at radius 2 is 1.94 bits per heavy atom. The van der Waals surface area contributed by atoms with Gasteiger partial charge < -0.3 is 19.8 Å². The van der Waals surface area contributed by atoms with Crippen LogP contribution >= 0.6 is 0 Å². The number of rotatable bonds is 5. The van der Waals surface area contributed by atoms with Crippen LogP contribution in [0.15, 0.2) is 60.4 Å². The van der Waals surface area contributed by atoms with Gasteiger partial charge in [-0.05, 0) is 29.3 Å². The average molecular weight is 434 g/mol. The standard InChI is InChI=1S/C23H22N4O5/c1-26-18(14-6-4-3-5-7-14)11-19(32-26)23(21(29)24-22(30)25-23)13-27-12-15-8-9-16(31-2)10-17(15)20(27)28/h3-11,18H,12-13H2,1-2H3,(H2,24,25,29,30)/t18?,23-/m0/s1. The number of methoxy groups -OCH3 is 1. The summed E-state index contributed by atoms with van der Waals surface area (Å²) in [5, 5.41) is 6.63. The average Bonchev–Trinajstić information content (AvgIpc) is 3.42. The van der Waals surface area contributed by atoms with E-state index in [1.807, 2.05) is 36.4 Å². The van der Waals surface area contributed by atoms with Crippen LogP contribution in [0.25, 0.3) is 0 Å². The summed E-state index contributed by atoms with van der Waals surface area (Å²) in [7, 11) is 3.29. The summed E-state index contributed by atoms with van der Waals surface area (Å²) in [5.41, 5.74) is 0.791. The third-order valence-electron chi connectivity index (χ3n) is 6.07. The maximum absolute atomic E-state index is 13.1. The minimum atomic E-state index is -1.53. The quantitative estimate of drug-likeness (QED) is 0.696. The number of carbonyl (C=O) groups excluding carboxylic acids is 3. The third kappa shape index (κ3) is 3.09. The van der Waals surface area contributed by atoms with Crippen molar-refractivity contribution in [3.05, 3.63) is 77.1 Å². The molecule has 0 bridgehead atoms. The topological polar surface area (TPSA) is 100 Å². The molecule has 0 spiro atoms. The van der Waals surface area contributed by atoms with Gasteiger partial charge in [0, 0.05) is 19.2 Å². The number of likely N-dealkylation sites (N-methyl/N-ethyl adjacent to an activating group) is 1. The number of hydroxylamine groups is 2. The minimum Gasteiger partial charge on any atom is -0.497 e. The lowest BCUT2D eigenvalue weighted by Crippen LogP contribution is -2.57. The molecule has 2 atom stereocenters. The lowest BCUT2D eigenvalue weighted by atomic mass is 9.94. The van der Waals surface area contributed by atoms with E-state index >= 15 is 0 Å². The van der Waals surface area contributed by atoms with Gasteiger partial charge in [-0.25, -0.2) is 4.79 Å². The number of amides is 4. The second-order valence-corrected chi connectivity index (χ2v) is 8.02. The highest BCUT2D eigenvalue weighted by atomic mass is 16.7. The molecule has 9 nitrogen and oxygen atoms in total. The van der Waals surface area contributed by atoms with E-state index in [4.69, 9.17) is 9.57 Å². The van der Waals surface area contributed by atoms with Crippen LogP contribution in [0, 0.1) is 0 Å². The number of fused-ring (bicyclic) bond motifs is 1. The van der Waals surface area contributed by atoms with Crippen LogP contribution in [0.2, 0.25) is 0 Å². The lowest BCUT2D eigenvalue weighted by Gasteiger charge is -2.31. The number of hydrogen-bond acceptors (Lipinski definition) is 6. The molecule has 1 saturated heterocycles. The van der Waals surface area contributed by atoms with Crippen molar-refractivity contribution in [2.24, 2.45) is 0 Å². The third-order valence-corrected chi connectivity index (χ3v) is 6.07. The van der Waals surface area contributed by atoms with Gasteiger partial charge in [-0.15, -0.1) is 5.06 Å². The normalized spacial score (nSPS) is 24.7. The van der Waals surface area contributed by atoms with Crippen molar-refractivity contribution in [1.82, 2.24) is 20.6 Å². The van der Waals surface area contributed by atoms with Crippen LogP contribution in [0.1, 0.15) is 27.5 Å². The summed E-state index contributed by atoms with van der Waals surface area (Å²) >= 11 is 0. The van der Waals surface area contributed by atoms with Gasteiger partial charge in [0.2, 0.25) is 0 Å². The molecule has 4 amide bonds. The molecule has 0 aliphatic carbocycles. The number of carbonyl (C=O) groups is 3. The molecule has 2 aromatic carbocycles. The number of hydrogen-bond donors (Lipinski definition) is 2. The van der Waals surface area contributed by atoms with Gasteiger partial charge in [-0.1, -0.05) is 36.4 Å². The second kappa shape index (κ2) is 7.38. The van der Waals surface area contributed by atoms with Crippen molar-refractivity contribution in [2.45, 2.75) is 18.1 Å². The maximum Gasteiger partial charge on any atom is 0.322 e. The monoisotopic (exact) mass is 434 g/mol. The van der Waals surface area contributed by atoms with Crippen LogP contribution in [0.3, 0.4) is 0 Å². The second-order valence-electron chi connectivity index (χ2n) is 8.02. The van der Waals surface area contributed by atoms with Gasteiger partial charge in [0.15, 0.2) is 11.3 Å². The van der Waals surface area contributed by atoms with Gasteiger partial charge in [-0.2, -0.15) is 0 Å².